The van der Waals surface area contributed by atoms with E-state index in [4.69, 9.17) is 0 Å². The Hall–Kier alpha value is -2.43. The number of carbonyl (C=O) groups excluding carboxylic acids is 1. The number of para-hydroxylation sites is 1. The third-order valence-electron chi connectivity index (χ3n) is 4.16. The van der Waals surface area contributed by atoms with Gasteiger partial charge < -0.3 is 10.2 Å². The standard InChI is InChI=1S/C17H14F2N2O/c18-13-8-5-10(9-14(13)19)16-20-15-4-2-1-3-12(15)17(22)21(16)11-6-7-11/h1-5,8-9,11,16,20H,6-7H2. The van der Waals surface area contributed by atoms with E-state index in [9.17, 15) is 13.6 Å². The zero-order valence-corrected chi connectivity index (χ0v) is 11.7. The number of nitrogens with zero attached hydrogens (tertiary/aromatic N) is 1. The van der Waals surface area contributed by atoms with E-state index in [0.717, 1.165) is 30.7 Å². The summed E-state index contributed by atoms with van der Waals surface area (Å²) in [6.07, 6.45) is 1.41. The highest BCUT2D eigenvalue weighted by Crippen LogP contribution is 2.40. The molecular weight excluding hydrogens is 286 g/mol. The molecule has 1 unspecified atom stereocenters. The van der Waals surface area contributed by atoms with Crippen molar-refractivity contribution in [3.8, 4) is 0 Å². The van der Waals surface area contributed by atoms with E-state index in [1.54, 1.807) is 11.0 Å². The van der Waals surface area contributed by atoms with Crippen LogP contribution in [0, 0.1) is 11.6 Å². The third-order valence-corrected chi connectivity index (χ3v) is 4.16. The number of nitrogens with one attached hydrogen (secondary N) is 1. The summed E-state index contributed by atoms with van der Waals surface area (Å²) in [6, 6.07) is 11.2. The predicted molar refractivity (Wildman–Crippen MR) is 78.4 cm³/mol. The van der Waals surface area contributed by atoms with Crippen molar-refractivity contribution in [1.29, 1.82) is 0 Å². The Labute approximate surface area is 126 Å². The van der Waals surface area contributed by atoms with Crippen LogP contribution < -0.4 is 5.32 Å². The minimum Gasteiger partial charge on any atom is -0.361 e. The van der Waals surface area contributed by atoms with Gasteiger partial charge in [-0.2, -0.15) is 0 Å². The van der Waals surface area contributed by atoms with E-state index in [1.807, 2.05) is 18.2 Å². The van der Waals surface area contributed by atoms with Gasteiger partial charge in [0.25, 0.3) is 5.91 Å². The van der Waals surface area contributed by atoms with Gasteiger partial charge in [-0.15, -0.1) is 0 Å². The second kappa shape index (κ2) is 4.80. The molecule has 1 aliphatic heterocycles. The van der Waals surface area contributed by atoms with Crippen molar-refractivity contribution in [3.63, 3.8) is 0 Å². The van der Waals surface area contributed by atoms with Gasteiger partial charge in [0.1, 0.15) is 6.17 Å². The van der Waals surface area contributed by atoms with Crippen molar-refractivity contribution >= 4 is 11.6 Å². The highest BCUT2D eigenvalue weighted by atomic mass is 19.2. The number of carbonyl (C=O) groups is 1. The van der Waals surface area contributed by atoms with E-state index >= 15 is 0 Å². The summed E-state index contributed by atoms with van der Waals surface area (Å²) < 4.78 is 26.7. The minimum atomic E-state index is -0.902. The van der Waals surface area contributed by atoms with Crippen LogP contribution in [0.25, 0.3) is 0 Å². The van der Waals surface area contributed by atoms with Gasteiger partial charge in [-0.3, -0.25) is 4.79 Å². The first kappa shape index (κ1) is 13.2. The van der Waals surface area contributed by atoms with Crippen LogP contribution >= 0.6 is 0 Å². The molecule has 0 spiro atoms. The SMILES string of the molecule is O=C1c2ccccc2NC(c2ccc(F)c(F)c2)N1C1CC1. The lowest BCUT2D eigenvalue weighted by Crippen LogP contribution is -2.44. The normalized spacial score (nSPS) is 20.5. The monoisotopic (exact) mass is 300 g/mol. The lowest BCUT2D eigenvalue weighted by Gasteiger charge is -2.38. The molecular formula is C17H14F2N2O. The predicted octanol–water partition coefficient (Wildman–Crippen LogP) is 3.69. The number of rotatable bonds is 2. The molecule has 0 saturated heterocycles. The molecule has 1 N–H and O–H groups in total. The van der Waals surface area contributed by atoms with Gasteiger partial charge in [-0.1, -0.05) is 18.2 Å². The highest BCUT2D eigenvalue weighted by molar-refractivity contribution is 6.02. The molecule has 5 heteroatoms. The quantitative estimate of drug-likeness (QED) is 0.917. The average Bonchev–Trinajstić information content (AvgIpc) is 3.34. The lowest BCUT2D eigenvalue weighted by molar-refractivity contribution is 0.0666. The maximum atomic E-state index is 13.6. The zero-order chi connectivity index (χ0) is 15.3. The summed E-state index contributed by atoms with van der Waals surface area (Å²) in [5.41, 5.74) is 1.89. The molecule has 1 fully saturated rings. The number of amides is 1. The molecule has 1 saturated carbocycles. The number of fused-ring (bicyclic) bond motifs is 1. The summed E-state index contributed by atoms with van der Waals surface area (Å²) in [6.45, 7) is 0. The molecule has 112 valence electrons. The summed E-state index contributed by atoms with van der Waals surface area (Å²) in [4.78, 5) is 14.5. The van der Waals surface area contributed by atoms with Gasteiger partial charge in [-0.25, -0.2) is 8.78 Å². The zero-order valence-electron chi connectivity index (χ0n) is 11.7. The minimum absolute atomic E-state index is 0.0633. The second-order valence-corrected chi connectivity index (χ2v) is 5.71. The van der Waals surface area contributed by atoms with E-state index in [0.29, 0.717) is 11.1 Å². The summed E-state index contributed by atoms with van der Waals surface area (Å²) in [7, 11) is 0. The van der Waals surface area contributed by atoms with E-state index in [1.165, 1.54) is 6.07 Å². The largest absolute Gasteiger partial charge is 0.361 e. The molecule has 0 aromatic heterocycles. The molecule has 1 heterocycles. The van der Waals surface area contributed by atoms with Crippen molar-refractivity contribution in [2.75, 3.05) is 5.32 Å². The van der Waals surface area contributed by atoms with E-state index in [2.05, 4.69) is 5.32 Å². The molecule has 22 heavy (non-hydrogen) atoms. The average molecular weight is 300 g/mol. The van der Waals surface area contributed by atoms with Crippen LogP contribution in [0.1, 0.15) is 34.9 Å². The molecule has 2 aromatic carbocycles. The molecule has 0 radical (unpaired) electrons. The van der Waals surface area contributed by atoms with E-state index < -0.39 is 17.8 Å². The summed E-state index contributed by atoms with van der Waals surface area (Å²) in [5.74, 6) is -1.85. The number of hydrogen-bond acceptors (Lipinski definition) is 2. The molecule has 1 amide bonds. The van der Waals surface area contributed by atoms with Crippen molar-refractivity contribution in [1.82, 2.24) is 4.90 Å². The fraction of sp³-hybridized carbons (Fsp3) is 0.235. The molecule has 3 nitrogen and oxygen atoms in total. The number of benzene rings is 2. The third kappa shape index (κ3) is 2.04. The Morgan fingerprint density at radius 2 is 1.82 bits per heavy atom. The van der Waals surface area contributed by atoms with Crippen molar-refractivity contribution in [2.45, 2.75) is 25.0 Å². The highest BCUT2D eigenvalue weighted by Gasteiger charge is 2.42. The Kier molecular flexibility index (Phi) is 2.89. The molecule has 2 aromatic rings. The summed E-state index contributed by atoms with van der Waals surface area (Å²) in [5, 5.41) is 3.28. The van der Waals surface area contributed by atoms with Gasteiger partial charge in [0.15, 0.2) is 11.6 Å². The Balaban J connectivity index is 1.80. The smallest absolute Gasteiger partial charge is 0.258 e. The van der Waals surface area contributed by atoms with Gasteiger partial charge in [0.05, 0.1) is 5.56 Å². The fourth-order valence-corrected chi connectivity index (χ4v) is 2.92. The topological polar surface area (TPSA) is 32.3 Å². The van der Waals surface area contributed by atoms with Gasteiger partial charge >= 0.3 is 0 Å². The summed E-state index contributed by atoms with van der Waals surface area (Å²) >= 11 is 0. The van der Waals surface area contributed by atoms with Crippen LogP contribution in [-0.4, -0.2) is 16.8 Å². The van der Waals surface area contributed by atoms with Gasteiger partial charge in [0, 0.05) is 11.7 Å². The number of anilines is 1. The Morgan fingerprint density at radius 3 is 2.55 bits per heavy atom. The fourth-order valence-electron chi connectivity index (χ4n) is 2.92. The molecule has 0 bridgehead atoms. The maximum Gasteiger partial charge on any atom is 0.258 e. The van der Waals surface area contributed by atoms with Crippen LogP contribution in [0.15, 0.2) is 42.5 Å². The number of hydrogen-bond donors (Lipinski definition) is 1. The van der Waals surface area contributed by atoms with E-state index in [-0.39, 0.29) is 11.9 Å². The first-order valence-corrected chi connectivity index (χ1v) is 7.28. The van der Waals surface area contributed by atoms with Crippen LogP contribution in [0.2, 0.25) is 0 Å². The second-order valence-electron chi connectivity index (χ2n) is 5.71. The van der Waals surface area contributed by atoms with Crippen LogP contribution in [0.4, 0.5) is 14.5 Å². The van der Waals surface area contributed by atoms with Gasteiger partial charge in [0.2, 0.25) is 0 Å². The Morgan fingerprint density at radius 1 is 1.05 bits per heavy atom. The van der Waals surface area contributed by atoms with Crippen LogP contribution in [0.3, 0.4) is 0 Å². The maximum absolute atomic E-state index is 13.6. The lowest BCUT2D eigenvalue weighted by atomic mass is 10.0. The number of halogens is 2. The van der Waals surface area contributed by atoms with Crippen LogP contribution in [0.5, 0.6) is 0 Å². The van der Waals surface area contributed by atoms with Crippen LogP contribution in [-0.2, 0) is 0 Å². The van der Waals surface area contributed by atoms with Crippen molar-refractivity contribution in [2.24, 2.45) is 0 Å². The molecule has 1 aliphatic carbocycles. The van der Waals surface area contributed by atoms with Crippen molar-refractivity contribution < 1.29 is 13.6 Å². The first-order valence-electron chi connectivity index (χ1n) is 7.28. The Bertz CT molecular complexity index is 758. The molecule has 1 atom stereocenters. The first-order chi connectivity index (χ1) is 10.6. The molecule has 4 rings (SSSR count). The van der Waals surface area contributed by atoms with Crippen molar-refractivity contribution in [3.05, 3.63) is 65.2 Å². The molecule has 2 aliphatic rings. The van der Waals surface area contributed by atoms with Gasteiger partial charge in [-0.05, 0) is 42.7 Å².